The Morgan fingerprint density at radius 1 is 0.957 bits per heavy atom. The third kappa shape index (κ3) is 2.27. The molecule has 0 bridgehead atoms. The van der Waals surface area contributed by atoms with Gasteiger partial charge in [-0.05, 0) is 37.0 Å². The zero-order valence-corrected chi connectivity index (χ0v) is 13.2. The molecule has 0 fully saturated rings. The number of Topliss-reactive ketones (excluding diaryl/α,β-unsaturated/α-hetero) is 1. The van der Waals surface area contributed by atoms with Gasteiger partial charge in [0, 0.05) is 29.6 Å². The van der Waals surface area contributed by atoms with Crippen LogP contribution in [0, 0.1) is 5.92 Å². The zero-order valence-electron chi connectivity index (χ0n) is 13.2. The summed E-state index contributed by atoms with van der Waals surface area (Å²) in [6, 6.07) is 15.9. The largest absolute Gasteiger partial charge is 0.309 e. The Balaban J connectivity index is 1.65. The maximum atomic E-state index is 13.1. The van der Waals surface area contributed by atoms with Crippen molar-refractivity contribution in [3.8, 4) is 0 Å². The van der Waals surface area contributed by atoms with Crippen LogP contribution in [0.5, 0.6) is 0 Å². The SMILES string of the molecule is CC1Cc2ccccc2N1C(=O)C1CC(=O)c2ccccc2C1. The standard InChI is InChI=1S/C20H19NO2/c1-13-10-15-7-3-5-9-18(15)21(13)20(23)16-11-14-6-2-4-8-17(14)19(22)12-16/h2-9,13,16H,10-12H2,1H3. The number of amides is 1. The Morgan fingerprint density at radius 2 is 1.65 bits per heavy atom. The molecule has 2 unspecified atom stereocenters. The molecule has 3 heteroatoms. The second-order valence-electron chi connectivity index (χ2n) is 6.58. The van der Waals surface area contributed by atoms with Gasteiger partial charge in [-0.25, -0.2) is 0 Å². The highest BCUT2D eigenvalue weighted by atomic mass is 16.2. The number of benzene rings is 2. The summed E-state index contributed by atoms with van der Waals surface area (Å²) in [5, 5.41) is 0. The first kappa shape index (κ1) is 14.2. The summed E-state index contributed by atoms with van der Waals surface area (Å²) in [7, 11) is 0. The van der Waals surface area contributed by atoms with Gasteiger partial charge < -0.3 is 4.90 Å². The number of nitrogens with zero attached hydrogens (tertiary/aromatic N) is 1. The lowest BCUT2D eigenvalue weighted by molar-refractivity contribution is -0.122. The third-order valence-corrected chi connectivity index (χ3v) is 5.01. The molecule has 3 nitrogen and oxygen atoms in total. The van der Waals surface area contributed by atoms with Crippen LogP contribution in [0.2, 0.25) is 0 Å². The molecular formula is C20H19NO2. The Hall–Kier alpha value is -2.42. The second kappa shape index (κ2) is 5.34. The third-order valence-electron chi connectivity index (χ3n) is 5.01. The van der Waals surface area contributed by atoms with Gasteiger partial charge in [-0.2, -0.15) is 0 Å². The Morgan fingerprint density at radius 3 is 2.48 bits per heavy atom. The topological polar surface area (TPSA) is 37.4 Å². The van der Waals surface area contributed by atoms with Crippen molar-refractivity contribution < 1.29 is 9.59 Å². The molecule has 4 rings (SSSR count). The minimum Gasteiger partial charge on any atom is -0.309 e. The van der Waals surface area contributed by atoms with E-state index in [2.05, 4.69) is 13.0 Å². The van der Waals surface area contributed by atoms with Gasteiger partial charge in [0.05, 0.1) is 0 Å². The number of anilines is 1. The highest BCUT2D eigenvalue weighted by Crippen LogP contribution is 2.35. The van der Waals surface area contributed by atoms with E-state index in [1.807, 2.05) is 47.4 Å². The normalized spacial score (nSPS) is 22.7. The second-order valence-corrected chi connectivity index (χ2v) is 6.58. The van der Waals surface area contributed by atoms with Gasteiger partial charge in [0.15, 0.2) is 5.78 Å². The van der Waals surface area contributed by atoms with E-state index in [9.17, 15) is 9.59 Å². The van der Waals surface area contributed by atoms with Crippen molar-refractivity contribution in [3.05, 3.63) is 65.2 Å². The molecule has 2 atom stereocenters. The van der Waals surface area contributed by atoms with E-state index in [0.29, 0.717) is 12.8 Å². The van der Waals surface area contributed by atoms with Crippen molar-refractivity contribution in [1.82, 2.24) is 0 Å². The van der Waals surface area contributed by atoms with Crippen LogP contribution >= 0.6 is 0 Å². The smallest absolute Gasteiger partial charge is 0.231 e. The maximum absolute atomic E-state index is 13.1. The molecule has 0 spiro atoms. The van der Waals surface area contributed by atoms with Crippen molar-refractivity contribution in [2.24, 2.45) is 5.92 Å². The van der Waals surface area contributed by atoms with Gasteiger partial charge in [0.2, 0.25) is 5.91 Å². The average Bonchev–Trinajstić information content (AvgIpc) is 2.90. The molecule has 0 saturated heterocycles. The lowest BCUT2D eigenvalue weighted by atomic mass is 9.82. The highest BCUT2D eigenvalue weighted by Gasteiger charge is 2.37. The van der Waals surface area contributed by atoms with Gasteiger partial charge in [-0.1, -0.05) is 42.5 Å². The molecule has 2 aliphatic rings. The summed E-state index contributed by atoms with van der Waals surface area (Å²) in [4.78, 5) is 27.4. The van der Waals surface area contributed by atoms with E-state index in [-0.39, 0.29) is 23.7 Å². The average molecular weight is 305 g/mol. The Bertz CT molecular complexity index is 796. The van der Waals surface area contributed by atoms with Gasteiger partial charge in [-0.3, -0.25) is 9.59 Å². The summed E-state index contributed by atoms with van der Waals surface area (Å²) in [6.45, 7) is 2.08. The number of hydrogen-bond acceptors (Lipinski definition) is 2. The van der Waals surface area contributed by atoms with Crippen LogP contribution in [0.3, 0.4) is 0 Å². The molecule has 0 aromatic heterocycles. The molecule has 1 amide bonds. The fourth-order valence-corrected chi connectivity index (χ4v) is 3.91. The Kier molecular flexibility index (Phi) is 3.29. The molecule has 0 radical (unpaired) electrons. The van der Waals surface area contributed by atoms with Gasteiger partial charge in [0.1, 0.15) is 0 Å². The number of para-hydroxylation sites is 1. The van der Waals surface area contributed by atoms with Gasteiger partial charge in [-0.15, -0.1) is 0 Å². The summed E-state index contributed by atoms with van der Waals surface area (Å²) < 4.78 is 0. The molecule has 0 saturated carbocycles. The molecule has 1 aliphatic carbocycles. The first-order chi connectivity index (χ1) is 11.1. The number of fused-ring (bicyclic) bond motifs is 2. The lowest BCUT2D eigenvalue weighted by Gasteiger charge is -2.30. The molecule has 0 N–H and O–H groups in total. The Labute approximate surface area is 135 Å². The molecule has 116 valence electrons. The van der Waals surface area contributed by atoms with Crippen molar-refractivity contribution in [2.45, 2.75) is 32.2 Å². The number of hydrogen-bond donors (Lipinski definition) is 0. The summed E-state index contributed by atoms with van der Waals surface area (Å²) >= 11 is 0. The van der Waals surface area contributed by atoms with Crippen molar-refractivity contribution in [1.29, 1.82) is 0 Å². The minimum absolute atomic E-state index is 0.0882. The molecule has 23 heavy (non-hydrogen) atoms. The molecule has 1 heterocycles. The monoisotopic (exact) mass is 305 g/mol. The number of carbonyl (C=O) groups is 2. The van der Waals surface area contributed by atoms with Crippen LogP contribution < -0.4 is 4.90 Å². The summed E-state index contributed by atoms with van der Waals surface area (Å²) in [5.41, 5.74) is 4.01. The highest BCUT2D eigenvalue weighted by molar-refractivity contribution is 6.05. The molecule has 2 aromatic rings. The lowest BCUT2D eigenvalue weighted by Crippen LogP contribution is -2.42. The first-order valence-electron chi connectivity index (χ1n) is 8.17. The van der Waals surface area contributed by atoms with Gasteiger partial charge in [0.25, 0.3) is 0 Å². The van der Waals surface area contributed by atoms with Crippen LogP contribution in [-0.4, -0.2) is 17.7 Å². The van der Waals surface area contributed by atoms with E-state index in [1.165, 1.54) is 5.56 Å². The number of rotatable bonds is 1. The van der Waals surface area contributed by atoms with Crippen LogP contribution in [0.15, 0.2) is 48.5 Å². The van der Waals surface area contributed by atoms with Crippen LogP contribution in [0.25, 0.3) is 0 Å². The van der Waals surface area contributed by atoms with E-state index in [0.717, 1.165) is 23.2 Å². The van der Waals surface area contributed by atoms with Gasteiger partial charge >= 0.3 is 0 Å². The van der Waals surface area contributed by atoms with E-state index >= 15 is 0 Å². The predicted octanol–water partition coefficient (Wildman–Crippen LogP) is 3.41. The number of carbonyl (C=O) groups excluding carboxylic acids is 2. The van der Waals surface area contributed by atoms with Crippen LogP contribution in [0.1, 0.15) is 34.8 Å². The molecule has 1 aliphatic heterocycles. The summed E-state index contributed by atoms with van der Waals surface area (Å²) in [5.74, 6) is -0.0679. The molecule has 2 aromatic carbocycles. The van der Waals surface area contributed by atoms with E-state index in [4.69, 9.17) is 0 Å². The summed E-state index contributed by atoms with van der Waals surface area (Å²) in [6.07, 6.45) is 1.87. The maximum Gasteiger partial charge on any atom is 0.231 e. The van der Waals surface area contributed by atoms with Crippen LogP contribution in [0.4, 0.5) is 5.69 Å². The van der Waals surface area contributed by atoms with E-state index in [1.54, 1.807) is 0 Å². The van der Waals surface area contributed by atoms with E-state index < -0.39 is 0 Å². The first-order valence-corrected chi connectivity index (χ1v) is 8.17. The fraction of sp³-hybridized carbons (Fsp3) is 0.300. The predicted molar refractivity (Wildman–Crippen MR) is 89.7 cm³/mol. The minimum atomic E-state index is -0.244. The van der Waals surface area contributed by atoms with Crippen molar-refractivity contribution in [2.75, 3.05) is 4.90 Å². The molecular weight excluding hydrogens is 286 g/mol. The number of ketones is 1. The fourth-order valence-electron chi connectivity index (χ4n) is 3.91. The van der Waals surface area contributed by atoms with Crippen molar-refractivity contribution in [3.63, 3.8) is 0 Å². The van der Waals surface area contributed by atoms with Crippen molar-refractivity contribution >= 4 is 17.4 Å². The quantitative estimate of drug-likeness (QED) is 0.809. The zero-order chi connectivity index (χ0) is 16.0. The van der Waals surface area contributed by atoms with Crippen LogP contribution in [-0.2, 0) is 17.6 Å².